The van der Waals surface area contributed by atoms with E-state index in [0.717, 1.165) is 23.1 Å². The maximum atomic E-state index is 14.6. The summed E-state index contributed by atoms with van der Waals surface area (Å²) in [7, 11) is 0. The molecular weight excluding hydrogens is 452 g/mol. The van der Waals surface area contributed by atoms with E-state index in [4.69, 9.17) is 4.74 Å². The average Bonchev–Trinajstić information content (AvgIpc) is 2.72. The van der Waals surface area contributed by atoms with Crippen molar-refractivity contribution in [3.05, 3.63) is 69.5 Å². The van der Waals surface area contributed by atoms with Gasteiger partial charge in [-0.1, -0.05) is 6.07 Å². The zero-order valence-corrected chi connectivity index (χ0v) is 17.1. The lowest BCUT2D eigenvalue weighted by molar-refractivity contribution is -0.384. The van der Waals surface area contributed by atoms with Gasteiger partial charge < -0.3 is 14.7 Å². The van der Waals surface area contributed by atoms with Crippen molar-refractivity contribution in [2.45, 2.75) is 25.4 Å². The largest absolute Gasteiger partial charge is 0.481 e. The predicted octanol–water partition coefficient (Wildman–Crippen LogP) is 4.83. The SMILES string of the molecule is CC1(C(=O)O)CC(c2ccc(C(F)(F)F)cc2F)CN(C(=O)Oc2ccc([N+](=O)[O-])cc2)C1. The Balaban J connectivity index is 1.86. The topological polar surface area (TPSA) is 110 Å². The Morgan fingerprint density at radius 2 is 1.85 bits per heavy atom. The summed E-state index contributed by atoms with van der Waals surface area (Å²) in [5.74, 6) is -3.38. The predicted molar refractivity (Wildman–Crippen MR) is 105 cm³/mol. The molecule has 3 rings (SSSR count). The van der Waals surface area contributed by atoms with Crippen LogP contribution in [0.3, 0.4) is 0 Å². The first-order valence-corrected chi connectivity index (χ1v) is 9.61. The van der Waals surface area contributed by atoms with E-state index < -0.39 is 45.9 Å². The fourth-order valence-electron chi connectivity index (χ4n) is 3.76. The van der Waals surface area contributed by atoms with Crippen LogP contribution in [0.2, 0.25) is 0 Å². The number of amides is 1. The standard InChI is InChI=1S/C21H18F4N2O6/c1-20(18(28)29)9-12(16-7-2-13(8-17(16)22)21(23,24)25)10-26(11-20)19(30)33-15-5-3-14(4-6-15)27(31)32/h2-8,12H,9-11H2,1H3,(H,28,29). The third-order valence-electron chi connectivity index (χ3n) is 5.47. The molecule has 1 amide bonds. The maximum Gasteiger partial charge on any atom is 0.416 e. The fourth-order valence-corrected chi connectivity index (χ4v) is 3.76. The number of ether oxygens (including phenoxy) is 1. The molecular formula is C21H18F4N2O6. The number of rotatable bonds is 4. The summed E-state index contributed by atoms with van der Waals surface area (Å²) in [6.45, 7) is 0.861. The average molecular weight is 470 g/mol. The quantitative estimate of drug-likeness (QED) is 0.389. The number of hydrogen-bond acceptors (Lipinski definition) is 5. The summed E-state index contributed by atoms with van der Waals surface area (Å²) in [6, 6.07) is 6.57. The van der Waals surface area contributed by atoms with Crippen molar-refractivity contribution in [2.24, 2.45) is 5.41 Å². The van der Waals surface area contributed by atoms with Crippen LogP contribution < -0.4 is 4.74 Å². The first kappa shape index (κ1) is 24.0. The molecule has 1 aliphatic heterocycles. The Labute approximate surface area is 184 Å². The van der Waals surface area contributed by atoms with Crippen LogP contribution in [0.5, 0.6) is 5.75 Å². The molecule has 1 saturated heterocycles. The third-order valence-corrected chi connectivity index (χ3v) is 5.47. The van der Waals surface area contributed by atoms with Gasteiger partial charge in [-0.15, -0.1) is 0 Å². The third kappa shape index (κ3) is 5.21. The van der Waals surface area contributed by atoms with E-state index in [1.165, 1.54) is 19.1 Å². The van der Waals surface area contributed by atoms with Crippen molar-refractivity contribution in [2.75, 3.05) is 13.1 Å². The minimum absolute atomic E-state index is 0.0366. The Hall–Kier alpha value is -3.70. The molecule has 0 spiro atoms. The number of hydrogen-bond donors (Lipinski definition) is 1. The molecule has 1 aliphatic rings. The number of nitro groups is 1. The van der Waals surface area contributed by atoms with Crippen LogP contribution in [0, 0.1) is 21.3 Å². The molecule has 33 heavy (non-hydrogen) atoms. The number of piperidine rings is 1. The maximum absolute atomic E-state index is 14.6. The van der Waals surface area contributed by atoms with Crippen molar-refractivity contribution in [1.82, 2.24) is 4.90 Å². The van der Waals surface area contributed by atoms with Crippen molar-refractivity contribution >= 4 is 17.7 Å². The van der Waals surface area contributed by atoms with Gasteiger partial charge in [0.1, 0.15) is 11.6 Å². The van der Waals surface area contributed by atoms with E-state index >= 15 is 0 Å². The highest BCUT2D eigenvalue weighted by Crippen LogP contribution is 2.40. The lowest BCUT2D eigenvalue weighted by Gasteiger charge is -2.41. The molecule has 0 saturated carbocycles. The van der Waals surface area contributed by atoms with Gasteiger partial charge in [-0.25, -0.2) is 9.18 Å². The summed E-state index contributed by atoms with van der Waals surface area (Å²) in [6.07, 6.45) is -5.85. The summed E-state index contributed by atoms with van der Waals surface area (Å²) >= 11 is 0. The van der Waals surface area contributed by atoms with Crippen molar-refractivity contribution in [3.63, 3.8) is 0 Å². The lowest BCUT2D eigenvalue weighted by Crippen LogP contribution is -2.52. The molecule has 12 heteroatoms. The van der Waals surface area contributed by atoms with Crippen LogP contribution in [-0.4, -0.2) is 40.1 Å². The second-order valence-electron chi connectivity index (χ2n) is 8.00. The second kappa shape index (κ2) is 8.68. The highest BCUT2D eigenvalue weighted by atomic mass is 19.4. The molecule has 2 atom stereocenters. The number of likely N-dealkylation sites (tertiary alicyclic amines) is 1. The number of nitrogens with zero attached hydrogens (tertiary/aromatic N) is 2. The van der Waals surface area contributed by atoms with Gasteiger partial charge in [0.15, 0.2) is 0 Å². The molecule has 1 heterocycles. The number of alkyl halides is 3. The summed E-state index contributed by atoms with van der Waals surface area (Å²) in [5.41, 5.74) is -3.09. The Bertz CT molecular complexity index is 1090. The fraction of sp³-hybridized carbons (Fsp3) is 0.333. The number of nitro benzene ring substituents is 1. The molecule has 1 N–H and O–H groups in total. The zero-order valence-electron chi connectivity index (χ0n) is 17.1. The van der Waals surface area contributed by atoms with Crippen molar-refractivity contribution < 1.29 is 41.9 Å². The van der Waals surface area contributed by atoms with Gasteiger partial charge in [0, 0.05) is 31.1 Å². The highest BCUT2D eigenvalue weighted by molar-refractivity contribution is 5.77. The molecule has 0 aromatic heterocycles. The summed E-state index contributed by atoms with van der Waals surface area (Å²) < 4.78 is 58.3. The van der Waals surface area contributed by atoms with Gasteiger partial charge in [0.25, 0.3) is 5.69 Å². The van der Waals surface area contributed by atoms with E-state index in [0.29, 0.717) is 12.1 Å². The number of non-ortho nitro benzene ring substituents is 1. The van der Waals surface area contributed by atoms with E-state index in [1.807, 2.05) is 0 Å². The molecule has 0 aliphatic carbocycles. The Kier molecular flexibility index (Phi) is 6.30. The monoisotopic (exact) mass is 470 g/mol. The number of carboxylic acid groups (broad SMARTS) is 1. The van der Waals surface area contributed by atoms with E-state index in [1.54, 1.807) is 0 Å². The smallest absolute Gasteiger partial charge is 0.416 e. The Morgan fingerprint density at radius 1 is 1.21 bits per heavy atom. The van der Waals surface area contributed by atoms with Crippen LogP contribution >= 0.6 is 0 Å². The minimum Gasteiger partial charge on any atom is -0.481 e. The molecule has 2 aromatic rings. The van der Waals surface area contributed by atoms with Gasteiger partial charge in [0.2, 0.25) is 0 Å². The molecule has 2 aromatic carbocycles. The molecule has 1 fully saturated rings. The van der Waals surface area contributed by atoms with E-state index in [-0.39, 0.29) is 36.5 Å². The van der Waals surface area contributed by atoms with Gasteiger partial charge in [-0.2, -0.15) is 13.2 Å². The number of carboxylic acids is 1. The molecule has 2 unspecified atom stereocenters. The number of benzene rings is 2. The Morgan fingerprint density at radius 3 is 2.36 bits per heavy atom. The first-order chi connectivity index (χ1) is 15.3. The van der Waals surface area contributed by atoms with Crippen molar-refractivity contribution in [3.8, 4) is 5.75 Å². The lowest BCUT2D eigenvalue weighted by atomic mass is 9.74. The van der Waals surface area contributed by atoms with Gasteiger partial charge in [-0.05, 0) is 43.2 Å². The van der Waals surface area contributed by atoms with Crippen LogP contribution in [0.1, 0.15) is 30.4 Å². The van der Waals surface area contributed by atoms with Crippen LogP contribution in [-0.2, 0) is 11.0 Å². The molecule has 8 nitrogen and oxygen atoms in total. The zero-order chi connectivity index (χ0) is 24.6. The highest BCUT2D eigenvalue weighted by Gasteiger charge is 2.45. The normalized spacial score (nSPS) is 20.9. The van der Waals surface area contributed by atoms with Gasteiger partial charge >= 0.3 is 18.2 Å². The van der Waals surface area contributed by atoms with Gasteiger partial charge in [0.05, 0.1) is 15.9 Å². The number of carbonyl (C=O) groups excluding carboxylic acids is 1. The number of aliphatic carboxylic acids is 1. The number of halogens is 4. The van der Waals surface area contributed by atoms with Crippen molar-refractivity contribution in [1.29, 1.82) is 0 Å². The van der Waals surface area contributed by atoms with Gasteiger partial charge in [-0.3, -0.25) is 14.9 Å². The number of carbonyl (C=O) groups is 2. The first-order valence-electron chi connectivity index (χ1n) is 9.61. The molecule has 0 bridgehead atoms. The molecule has 0 radical (unpaired) electrons. The summed E-state index contributed by atoms with van der Waals surface area (Å²) in [4.78, 5) is 35.7. The van der Waals surface area contributed by atoms with Crippen LogP contribution in [0.15, 0.2) is 42.5 Å². The van der Waals surface area contributed by atoms with Crippen LogP contribution in [0.4, 0.5) is 28.0 Å². The molecule has 176 valence electrons. The van der Waals surface area contributed by atoms with E-state index in [2.05, 4.69) is 0 Å². The summed E-state index contributed by atoms with van der Waals surface area (Å²) in [5, 5.41) is 20.4. The van der Waals surface area contributed by atoms with E-state index in [9.17, 15) is 42.4 Å². The van der Waals surface area contributed by atoms with Crippen LogP contribution in [0.25, 0.3) is 0 Å². The second-order valence-corrected chi connectivity index (χ2v) is 8.00. The minimum atomic E-state index is -4.75.